The first-order valence-electron chi connectivity index (χ1n) is 8.48. The van der Waals surface area contributed by atoms with Crippen molar-refractivity contribution in [2.75, 3.05) is 26.2 Å². The van der Waals surface area contributed by atoms with Crippen LogP contribution in [0.1, 0.15) is 56.9 Å². The number of nitrogens with zero attached hydrogens (tertiary/aromatic N) is 4. The van der Waals surface area contributed by atoms with Gasteiger partial charge in [-0.2, -0.15) is 0 Å². The quantitative estimate of drug-likeness (QED) is 0.856. The highest BCUT2D eigenvalue weighted by molar-refractivity contribution is 5.79. The van der Waals surface area contributed by atoms with E-state index in [1.807, 2.05) is 6.92 Å². The Hall–Kier alpha value is -1.43. The molecule has 1 aliphatic carbocycles. The fraction of sp³-hybridized carbons (Fsp3) is 0.812. The number of aryl methyl sites for hydroxylation is 1. The van der Waals surface area contributed by atoms with Gasteiger partial charge >= 0.3 is 0 Å². The van der Waals surface area contributed by atoms with E-state index in [2.05, 4.69) is 26.9 Å². The second kappa shape index (κ2) is 6.77. The molecule has 3 rings (SSSR count). The van der Waals surface area contributed by atoms with Gasteiger partial charge in [-0.25, -0.2) is 0 Å². The summed E-state index contributed by atoms with van der Waals surface area (Å²) in [5.41, 5.74) is 0. The third-order valence-electron chi connectivity index (χ3n) is 5.03. The topological polar surface area (TPSA) is 62.5 Å². The van der Waals surface area contributed by atoms with Crippen molar-refractivity contribution in [3.05, 3.63) is 11.8 Å². The lowest BCUT2D eigenvalue weighted by Gasteiger charge is -2.38. The molecule has 1 atom stereocenters. The Morgan fingerprint density at radius 3 is 2.41 bits per heavy atom. The Morgan fingerprint density at radius 2 is 1.82 bits per heavy atom. The van der Waals surface area contributed by atoms with E-state index >= 15 is 0 Å². The highest BCUT2D eigenvalue weighted by Crippen LogP contribution is 2.27. The molecule has 122 valence electrons. The minimum absolute atomic E-state index is 0.119. The van der Waals surface area contributed by atoms with Gasteiger partial charge in [0.25, 0.3) is 0 Å². The molecule has 1 saturated heterocycles. The van der Waals surface area contributed by atoms with Crippen molar-refractivity contribution in [3.8, 4) is 0 Å². The molecular weight excluding hydrogens is 280 g/mol. The van der Waals surface area contributed by atoms with Crippen LogP contribution in [0.2, 0.25) is 0 Å². The van der Waals surface area contributed by atoms with Crippen LogP contribution in [0.3, 0.4) is 0 Å². The number of piperazine rings is 1. The Bertz CT molecular complexity index is 502. The SMILES string of the molecule is Cc1nnc(C(C)N2CCN(C(=O)C3CCCCC3)CC2)o1. The van der Waals surface area contributed by atoms with Crippen molar-refractivity contribution in [3.63, 3.8) is 0 Å². The molecule has 1 aromatic rings. The molecule has 1 aliphatic heterocycles. The summed E-state index contributed by atoms with van der Waals surface area (Å²) in [4.78, 5) is 16.9. The summed E-state index contributed by atoms with van der Waals surface area (Å²) in [5.74, 6) is 1.93. The van der Waals surface area contributed by atoms with Crippen molar-refractivity contribution in [1.82, 2.24) is 20.0 Å². The van der Waals surface area contributed by atoms with Gasteiger partial charge in [0.2, 0.25) is 17.7 Å². The Labute approximate surface area is 131 Å². The molecule has 2 fully saturated rings. The smallest absolute Gasteiger partial charge is 0.233 e. The van der Waals surface area contributed by atoms with Gasteiger partial charge in [-0.1, -0.05) is 19.3 Å². The molecule has 1 aromatic heterocycles. The van der Waals surface area contributed by atoms with Gasteiger partial charge in [-0.3, -0.25) is 9.69 Å². The largest absolute Gasteiger partial charge is 0.424 e. The normalized spacial score (nSPS) is 22.7. The number of hydrogen-bond donors (Lipinski definition) is 0. The predicted octanol–water partition coefficient (Wildman–Crippen LogP) is 2.16. The van der Waals surface area contributed by atoms with Gasteiger partial charge in [0, 0.05) is 39.0 Å². The zero-order valence-electron chi connectivity index (χ0n) is 13.6. The third-order valence-corrected chi connectivity index (χ3v) is 5.03. The summed E-state index contributed by atoms with van der Waals surface area (Å²) in [6.07, 6.45) is 5.87. The molecular formula is C16H26N4O2. The first-order chi connectivity index (χ1) is 10.6. The second-order valence-electron chi connectivity index (χ2n) is 6.53. The Morgan fingerprint density at radius 1 is 1.14 bits per heavy atom. The van der Waals surface area contributed by atoms with E-state index in [0.29, 0.717) is 17.7 Å². The second-order valence-corrected chi connectivity index (χ2v) is 6.53. The van der Waals surface area contributed by atoms with Crippen LogP contribution in [0, 0.1) is 12.8 Å². The number of aromatic nitrogens is 2. The lowest BCUT2D eigenvalue weighted by molar-refractivity contribution is -0.138. The molecule has 0 aromatic carbocycles. The van der Waals surface area contributed by atoms with Crippen molar-refractivity contribution in [2.24, 2.45) is 5.92 Å². The fourth-order valence-electron chi connectivity index (χ4n) is 3.57. The molecule has 0 bridgehead atoms. The molecule has 1 unspecified atom stereocenters. The third kappa shape index (κ3) is 3.32. The van der Waals surface area contributed by atoms with Crippen LogP contribution in [0.5, 0.6) is 0 Å². The van der Waals surface area contributed by atoms with Crippen molar-refractivity contribution < 1.29 is 9.21 Å². The molecule has 0 N–H and O–H groups in total. The predicted molar refractivity (Wildman–Crippen MR) is 82.2 cm³/mol. The molecule has 6 nitrogen and oxygen atoms in total. The summed E-state index contributed by atoms with van der Waals surface area (Å²) in [6, 6.07) is 0.119. The summed E-state index contributed by atoms with van der Waals surface area (Å²) in [7, 11) is 0. The molecule has 2 heterocycles. The van der Waals surface area contributed by atoms with Crippen molar-refractivity contribution >= 4 is 5.91 Å². The standard InChI is InChI=1S/C16H26N4O2/c1-12(15-18-17-13(2)22-15)19-8-10-20(11-9-19)16(21)14-6-4-3-5-7-14/h12,14H,3-11H2,1-2H3. The summed E-state index contributed by atoms with van der Waals surface area (Å²) < 4.78 is 5.52. The van der Waals surface area contributed by atoms with Gasteiger partial charge in [0.05, 0.1) is 6.04 Å². The first kappa shape index (κ1) is 15.5. The van der Waals surface area contributed by atoms with E-state index in [4.69, 9.17) is 4.42 Å². The maximum atomic E-state index is 12.6. The van der Waals surface area contributed by atoms with E-state index in [1.54, 1.807) is 0 Å². The maximum absolute atomic E-state index is 12.6. The molecule has 1 saturated carbocycles. The average Bonchev–Trinajstić information content (AvgIpc) is 3.01. The maximum Gasteiger partial charge on any atom is 0.233 e. The zero-order valence-corrected chi connectivity index (χ0v) is 13.6. The highest BCUT2D eigenvalue weighted by atomic mass is 16.4. The number of carbonyl (C=O) groups excluding carboxylic acids is 1. The van der Waals surface area contributed by atoms with Crippen LogP contribution < -0.4 is 0 Å². The van der Waals surface area contributed by atoms with Crippen LogP contribution in [-0.2, 0) is 4.79 Å². The monoisotopic (exact) mass is 306 g/mol. The van der Waals surface area contributed by atoms with Crippen molar-refractivity contribution in [2.45, 2.75) is 52.0 Å². The van der Waals surface area contributed by atoms with E-state index in [-0.39, 0.29) is 12.0 Å². The van der Waals surface area contributed by atoms with E-state index in [1.165, 1.54) is 19.3 Å². The lowest BCUT2D eigenvalue weighted by Crippen LogP contribution is -2.51. The van der Waals surface area contributed by atoms with Gasteiger partial charge in [-0.05, 0) is 19.8 Å². The minimum atomic E-state index is 0.119. The van der Waals surface area contributed by atoms with Crippen molar-refractivity contribution in [1.29, 1.82) is 0 Å². The van der Waals surface area contributed by atoms with Gasteiger partial charge in [0.1, 0.15) is 0 Å². The van der Waals surface area contributed by atoms with Gasteiger partial charge in [-0.15, -0.1) is 10.2 Å². The van der Waals surface area contributed by atoms with Crippen LogP contribution in [0.15, 0.2) is 4.42 Å². The van der Waals surface area contributed by atoms with Gasteiger partial charge in [0.15, 0.2) is 0 Å². The minimum Gasteiger partial charge on any atom is -0.424 e. The molecule has 6 heteroatoms. The number of rotatable bonds is 3. The zero-order chi connectivity index (χ0) is 15.5. The molecule has 0 radical (unpaired) electrons. The van der Waals surface area contributed by atoms with Crippen LogP contribution in [0.4, 0.5) is 0 Å². The number of carbonyl (C=O) groups is 1. The first-order valence-corrected chi connectivity index (χ1v) is 8.48. The molecule has 22 heavy (non-hydrogen) atoms. The van der Waals surface area contributed by atoms with Crippen LogP contribution >= 0.6 is 0 Å². The lowest BCUT2D eigenvalue weighted by atomic mass is 9.88. The van der Waals surface area contributed by atoms with E-state index in [0.717, 1.165) is 39.0 Å². The van der Waals surface area contributed by atoms with Crippen LogP contribution in [0.25, 0.3) is 0 Å². The summed E-state index contributed by atoms with van der Waals surface area (Å²) in [5, 5.41) is 8.01. The van der Waals surface area contributed by atoms with E-state index in [9.17, 15) is 4.79 Å². The molecule has 0 spiro atoms. The van der Waals surface area contributed by atoms with Gasteiger partial charge < -0.3 is 9.32 Å². The fourth-order valence-corrected chi connectivity index (χ4v) is 3.57. The Kier molecular flexibility index (Phi) is 4.76. The Balaban J connectivity index is 1.52. The summed E-state index contributed by atoms with van der Waals surface area (Å²) >= 11 is 0. The highest BCUT2D eigenvalue weighted by Gasteiger charge is 2.30. The van der Waals surface area contributed by atoms with E-state index < -0.39 is 0 Å². The molecule has 2 aliphatic rings. The van der Waals surface area contributed by atoms with Crippen LogP contribution in [-0.4, -0.2) is 52.1 Å². The number of amides is 1. The summed E-state index contributed by atoms with van der Waals surface area (Å²) in [6.45, 7) is 7.28. The average molecular weight is 306 g/mol. The number of hydrogen-bond acceptors (Lipinski definition) is 5. The molecule has 1 amide bonds.